The third-order valence-electron chi connectivity index (χ3n) is 3.58. The lowest BCUT2D eigenvalue weighted by molar-refractivity contribution is -0.122. The molecule has 1 unspecified atom stereocenters. The van der Waals surface area contributed by atoms with Crippen molar-refractivity contribution in [2.24, 2.45) is 5.92 Å². The predicted molar refractivity (Wildman–Crippen MR) is 71.1 cm³/mol. The second kappa shape index (κ2) is 5.53. The van der Waals surface area contributed by atoms with Crippen molar-refractivity contribution in [3.8, 4) is 0 Å². The lowest BCUT2D eigenvalue weighted by Crippen LogP contribution is -2.42. The number of aliphatic hydroxyl groups is 1. The Morgan fingerprint density at radius 3 is 2.67 bits per heavy atom. The number of benzene rings is 1. The molecule has 0 bridgehead atoms. The van der Waals surface area contributed by atoms with Gasteiger partial charge in [-0.25, -0.2) is 0 Å². The van der Waals surface area contributed by atoms with Crippen molar-refractivity contribution >= 4 is 5.91 Å². The number of carbonyl (C=O) groups is 1. The summed E-state index contributed by atoms with van der Waals surface area (Å²) in [4.78, 5) is 11.7. The van der Waals surface area contributed by atoms with Gasteiger partial charge in [0, 0.05) is 13.0 Å². The molecule has 0 heterocycles. The highest BCUT2D eigenvalue weighted by atomic mass is 16.3. The molecule has 0 radical (unpaired) electrons. The van der Waals surface area contributed by atoms with Gasteiger partial charge in [-0.05, 0) is 37.7 Å². The molecule has 0 spiro atoms. The van der Waals surface area contributed by atoms with Gasteiger partial charge in [0.25, 0.3) is 0 Å². The van der Waals surface area contributed by atoms with E-state index in [1.165, 1.54) is 5.56 Å². The zero-order valence-corrected chi connectivity index (χ0v) is 10.9. The molecule has 18 heavy (non-hydrogen) atoms. The highest BCUT2D eigenvalue weighted by Gasteiger charge is 2.39. The first-order chi connectivity index (χ1) is 8.58. The molecule has 1 aromatic carbocycles. The van der Waals surface area contributed by atoms with E-state index in [9.17, 15) is 9.90 Å². The minimum atomic E-state index is -0.734. The maximum absolute atomic E-state index is 11.7. The maximum Gasteiger partial charge on any atom is 0.220 e. The fourth-order valence-electron chi connectivity index (χ4n) is 2.12. The molecule has 2 N–H and O–H groups in total. The summed E-state index contributed by atoms with van der Waals surface area (Å²) in [6, 6.07) is 9.97. The largest absolute Gasteiger partial charge is 0.388 e. The minimum Gasteiger partial charge on any atom is -0.388 e. The van der Waals surface area contributed by atoms with Crippen LogP contribution in [0.3, 0.4) is 0 Å². The van der Waals surface area contributed by atoms with E-state index in [-0.39, 0.29) is 5.91 Å². The molecule has 1 saturated carbocycles. The molecule has 1 aromatic rings. The molecular weight excluding hydrogens is 226 g/mol. The van der Waals surface area contributed by atoms with E-state index in [1.54, 1.807) is 0 Å². The molecule has 2 rings (SSSR count). The SMILES string of the molecule is CC(O)(CNC(=O)CCc1ccccc1)C1CC1. The minimum absolute atomic E-state index is 0.0137. The Kier molecular flexibility index (Phi) is 4.02. The van der Waals surface area contributed by atoms with Gasteiger partial charge < -0.3 is 10.4 Å². The summed E-state index contributed by atoms with van der Waals surface area (Å²) in [5, 5.41) is 12.9. The summed E-state index contributed by atoms with van der Waals surface area (Å²) in [5.41, 5.74) is 0.434. The van der Waals surface area contributed by atoms with Crippen molar-refractivity contribution in [3.05, 3.63) is 35.9 Å². The van der Waals surface area contributed by atoms with Crippen LogP contribution in [0.1, 0.15) is 31.7 Å². The molecule has 98 valence electrons. The van der Waals surface area contributed by atoms with E-state index in [0.29, 0.717) is 18.9 Å². The van der Waals surface area contributed by atoms with E-state index in [1.807, 2.05) is 37.3 Å². The van der Waals surface area contributed by atoms with E-state index >= 15 is 0 Å². The van der Waals surface area contributed by atoms with E-state index < -0.39 is 5.60 Å². The summed E-state index contributed by atoms with van der Waals surface area (Å²) < 4.78 is 0. The number of hydrogen-bond donors (Lipinski definition) is 2. The van der Waals surface area contributed by atoms with Crippen molar-refractivity contribution in [2.75, 3.05) is 6.54 Å². The molecule has 3 nitrogen and oxygen atoms in total. The van der Waals surface area contributed by atoms with Crippen molar-refractivity contribution in [2.45, 2.75) is 38.2 Å². The van der Waals surface area contributed by atoms with Gasteiger partial charge in [-0.15, -0.1) is 0 Å². The molecular formula is C15H21NO2. The molecule has 0 saturated heterocycles. The van der Waals surface area contributed by atoms with Crippen LogP contribution in [0.25, 0.3) is 0 Å². The van der Waals surface area contributed by atoms with Crippen LogP contribution in [0.4, 0.5) is 0 Å². The maximum atomic E-state index is 11.7. The Morgan fingerprint density at radius 1 is 1.39 bits per heavy atom. The smallest absolute Gasteiger partial charge is 0.220 e. The quantitative estimate of drug-likeness (QED) is 0.806. The molecule has 1 fully saturated rings. The predicted octanol–water partition coefficient (Wildman–Crippen LogP) is 1.90. The summed E-state index contributed by atoms with van der Waals surface area (Å²) in [7, 11) is 0. The van der Waals surface area contributed by atoms with Gasteiger partial charge in [0.1, 0.15) is 0 Å². The van der Waals surface area contributed by atoms with Crippen molar-refractivity contribution in [1.29, 1.82) is 0 Å². The Bertz CT molecular complexity index is 396. The van der Waals surface area contributed by atoms with Gasteiger partial charge in [-0.3, -0.25) is 4.79 Å². The van der Waals surface area contributed by atoms with E-state index in [0.717, 1.165) is 19.3 Å². The summed E-state index contributed by atoms with van der Waals surface area (Å²) in [6.45, 7) is 2.17. The third kappa shape index (κ3) is 3.84. The van der Waals surface area contributed by atoms with Crippen molar-refractivity contribution in [3.63, 3.8) is 0 Å². The van der Waals surface area contributed by atoms with Crippen LogP contribution >= 0.6 is 0 Å². The van der Waals surface area contributed by atoms with Crippen molar-refractivity contribution < 1.29 is 9.90 Å². The third-order valence-corrected chi connectivity index (χ3v) is 3.58. The lowest BCUT2D eigenvalue weighted by atomic mass is 10.0. The zero-order chi connectivity index (χ0) is 13.0. The van der Waals surface area contributed by atoms with E-state index in [2.05, 4.69) is 5.32 Å². The van der Waals surface area contributed by atoms with Crippen LogP contribution in [-0.4, -0.2) is 23.2 Å². The van der Waals surface area contributed by atoms with Gasteiger partial charge in [-0.2, -0.15) is 0 Å². The Balaban J connectivity index is 1.69. The first-order valence-electron chi connectivity index (χ1n) is 6.61. The second-order valence-electron chi connectivity index (χ2n) is 5.39. The molecule has 1 aliphatic rings. The fraction of sp³-hybridized carbons (Fsp3) is 0.533. The highest BCUT2D eigenvalue weighted by molar-refractivity contribution is 5.76. The summed E-state index contributed by atoms with van der Waals surface area (Å²) >= 11 is 0. The number of hydrogen-bond acceptors (Lipinski definition) is 2. The monoisotopic (exact) mass is 247 g/mol. The summed E-state index contributed by atoms with van der Waals surface area (Å²) in [5.74, 6) is 0.381. The molecule has 3 heteroatoms. The van der Waals surface area contributed by atoms with Crippen LogP contribution in [-0.2, 0) is 11.2 Å². The first-order valence-corrected chi connectivity index (χ1v) is 6.61. The molecule has 1 atom stereocenters. The van der Waals surface area contributed by atoms with Gasteiger partial charge in [0.15, 0.2) is 0 Å². The second-order valence-corrected chi connectivity index (χ2v) is 5.39. The Labute approximate surface area is 108 Å². The normalized spacial score (nSPS) is 18.1. The average molecular weight is 247 g/mol. The van der Waals surface area contributed by atoms with Gasteiger partial charge >= 0.3 is 0 Å². The molecule has 0 aromatic heterocycles. The standard InChI is InChI=1S/C15H21NO2/c1-15(18,13-8-9-13)11-16-14(17)10-7-12-5-3-2-4-6-12/h2-6,13,18H,7-11H2,1H3,(H,16,17). The van der Waals surface area contributed by atoms with Crippen LogP contribution in [0.2, 0.25) is 0 Å². The van der Waals surface area contributed by atoms with Crippen LogP contribution in [0, 0.1) is 5.92 Å². The summed E-state index contributed by atoms with van der Waals surface area (Å²) in [6.07, 6.45) is 3.38. The van der Waals surface area contributed by atoms with Crippen LogP contribution in [0.5, 0.6) is 0 Å². The topological polar surface area (TPSA) is 49.3 Å². The fourth-order valence-corrected chi connectivity index (χ4v) is 2.12. The Hall–Kier alpha value is -1.35. The number of aryl methyl sites for hydroxylation is 1. The van der Waals surface area contributed by atoms with Crippen molar-refractivity contribution in [1.82, 2.24) is 5.32 Å². The number of nitrogens with one attached hydrogen (secondary N) is 1. The molecule has 0 aliphatic heterocycles. The van der Waals surface area contributed by atoms with Crippen LogP contribution < -0.4 is 5.32 Å². The van der Waals surface area contributed by atoms with E-state index in [4.69, 9.17) is 0 Å². The van der Waals surface area contributed by atoms with Crippen LogP contribution in [0.15, 0.2) is 30.3 Å². The molecule has 1 amide bonds. The van der Waals surface area contributed by atoms with Gasteiger partial charge in [0.2, 0.25) is 5.91 Å². The number of amides is 1. The molecule has 1 aliphatic carbocycles. The number of rotatable bonds is 6. The first kappa shape index (κ1) is 13.1. The van der Waals surface area contributed by atoms with Gasteiger partial charge in [0.05, 0.1) is 5.60 Å². The zero-order valence-electron chi connectivity index (χ0n) is 10.9. The average Bonchev–Trinajstić information content (AvgIpc) is 3.20. The van der Waals surface area contributed by atoms with Gasteiger partial charge in [-0.1, -0.05) is 30.3 Å². The highest BCUT2D eigenvalue weighted by Crippen LogP contribution is 2.38. The number of carbonyl (C=O) groups excluding carboxylic acids is 1. The Morgan fingerprint density at radius 2 is 2.06 bits per heavy atom. The lowest BCUT2D eigenvalue weighted by Gasteiger charge is -2.23.